The third-order valence-corrected chi connectivity index (χ3v) is 4.82. The van der Waals surface area contributed by atoms with Crippen molar-refractivity contribution in [2.45, 2.75) is 20.4 Å². The molecule has 2 amide bonds. The Bertz CT molecular complexity index is 928. The van der Waals surface area contributed by atoms with E-state index in [-0.39, 0.29) is 5.91 Å². The van der Waals surface area contributed by atoms with Crippen molar-refractivity contribution >= 4 is 28.2 Å². The molecule has 2 heterocycles. The topological polar surface area (TPSA) is 90.0 Å². The van der Waals surface area contributed by atoms with Crippen LogP contribution >= 0.6 is 11.3 Å². The Labute approximate surface area is 149 Å². The van der Waals surface area contributed by atoms with E-state index in [1.807, 2.05) is 44.2 Å². The van der Waals surface area contributed by atoms with Gasteiger partial charge in [-0.05, 0) is 31.5 Å². The summed E-state index contributed by atoms with van der Waals surface area (Å²) in [6, 6.07) is 13.1. The number of nitrogens with two attached hydrogens (primary N) is 1. The second-order valence-corrected chi connectivity index (χ2v) is 6.58. The maximum Gasteiger partial charge on any atom is 0.274 e. The Kier molecular flexibility index (Phi) is 4.67. The number of aryl methyl sites for hydroxylation is 2. The number of hydrogen-bond donors (Lipinski definition) is 2. The van der Waals surface area contributed by atoms with Crippen LogP contribution in [0.3, 0.4) is 0 Å². The van der Waals surface area contributed by atoms with E-state index in [0.717, 1.165) is 16.1 Å². The first-order valence-corrected chi connectivity index (χ1v) is 8.66. The first-order chi connectivity index (χ1) is 12.0. The molecule has 0 bridgehead atoms. The minimum Gasteiger partial charge on any atom is -0.366 e. The molecule has 0 saturated carbocycles. The zero-order chi connectivity index (χ0) is 18.0. The summed E-state index contributed by atoms with van der Waals surface area (Å²) in [5.41, 5.74) is 7.96. The van der Waals surface area contributed by atoms with E-state index in [1.165, 1.54) is 11.3 Å². The van der Waals surface area contributed by atoms with E-state index in [1.54, 1.807) is 16.8 Å². The van der Waals surface area contributed by atoms with Gasteiger partial charge in [0.05, 0.1) is 11.3 Å². The summed E-state index contributed by atoms with van der Waals surface area (Å²) in [5, 5.41) is 7.52. The summed E-state index contributed by atoms with van der Waals surface area (Å²) >= 11 is 1.32. The summed E-state index contributed by atoms with van der Waals surface area (Å²) < 4.78 is 1.63. The van der Waals surface area contributed by atoms with Gasteiger partial charge < -0.3 is 11.1 Å². The van der Waals surface area contributed by atoms with Gasteiger partial charge in [0, 0.05) is 11.4 Å². The molecule has 1 aromatic carbocycles. The lowest BCUT2D eigenvalue weighted by molar-refractivity contribution is 0.100. The van der Waals surface area contributed by atoms with Gasteiger partial charge >= 0.3 is 0 Å². The number of amides is 2. The van der Waals surface area contributed by atoms with Crippen molar-refractivity contribution in [1.29, 1.82) is 0 Å². The fraction of sp³-hybridized carbons (Fsp3) is 0.167. The lowest BCUT2D eigenvalue weighted by Crippen LogP contribution is -2.19. The molecule has 2 aromatic heterocycles. The van der Waals surface area contributed by atoms with E-state index in [0.29, 0.717) is 22.8 Å². The van der Waals surface area contributed by atoms with Gasteiger partial charge in [0.25, 0.3) is 11.8 Å². The number of thiophene rings is 1. The summed E-state index contributed by atoms with van der Waals surface area (Å²) in [5.74, 6) is -0.889. The molecule has 0 fully saturated rings. The molecule has 3 N–H and O–H groups in total. The van der Waals surface area contributed by atoms with E-state index < -0.39 is 5.91 Å². The van der Waals surface area contributed by atoms with Gasteiger partial charge in [-0.15, -0.1) is 11.3 Å². The highest BCUT2D eigenvalue weighted by Gasteiger charge is 2.19. The second-order valence-electron chi connectivity index (χ2n) is 5.52. The quantitative estimate of drug-likeness (QED) is 0.737. The minimum absolute atomic E-state index is 0.302. The molecule has 0 aliphatic rings. The maximum atomic E-state index is 12.6. The smallest absolute Gasteiger partial charge is 0.274 e. The monoisotopic (exact) mass is 354 g/mol. The molecule has 0 saturated heterocycles. The van der Waals surface area contributed by atoms with Crippen LogP contribution in [0.25, 0.3) is 10.4 Å². The van der Waals surface area contributed by atoms with E-state index in [9.17, 15) is 9.59 Å². The Morgan fingerprint density at radius 3 is 2.60 bits per heavy atom. The third-order valence-electron chi connectivity index (χ3n) is 3.72. The predicted octanol–water partition coefficient (Wildman–Crippen LogP) is 3.29. The number of anilines is 1. The van der Waals surface area contributed by atoms with Crippen LogP contribution < -0.4 is 11.1 Å². The van der Waals surface area contributed by atoms with Crippen molar-refractivity contribution < 1.29 is 9.59 Å². The molecule has 3 rings (SSSR count). The molecule has 3 aromatic rings. The summed E-state index contributed by atoms with van der Waals surface area (Å²) in [6.07, 6.45) is 0. The van der Waals surface area contributed by atoms with Crippen molar-refractivity contribution in [1.82, 2.24) is 9.78 Å². The Morgan fingerprint density at radius 1 is 1.24 bits per heavy atom. The number of nitrogens with zero attached hydrogens (tertiary/aromatic N) is 2. The summed E-state index contributed by atoms with van der Waals surface area (Å²) in [6.45, 7) is 4.33. The number of benzene rings is 1. The Hall–Kier alpha value is -2.93. The van der Waals surface area contributed by atoms with Gasteiger partial charge in [-0.3, -0.25) is 14.3 Å². The summed E-state index contributed by atoms with van der Waals surface area (Å²) in [4.78, 5) is 25.2. The number of nitrogens with one attached hydrogen (secondary N) is 1. The van der Waals surface area contributed by atoms with E-state index >= 15 is 0 Å². The molecular weight excluding hydrogens is 336 g/mol. The highest BCUT2D eigenvalue weighted by Crippen LogP contribution is 2.35. The SMILES string of the molecule is CCn1nc(C)cc1C(=O)Nc1sc(-c2ccccc2)cc1C(N)=O. The molecule has 7 heteroatoms. The molecule has 6 nitrogen and oxygen atoms in total. The molecule has 25 heavy (non-hydrogen) atoms. The van der Waals surface area contributed by atoms with Gasteiger partial charge in [-0.2, -0.15) is 5.10 Å². The third kappa shape index (κ3) is 3.46. The van der Waals surface area contributed by atoms with Gasteiger partial charge in [0.1, 0.15) is 10.7 Å². The van der Waals surface area contributed by atoms with Crippen LogP contribution in [0, 0.1) is 6.92 Å². The van der Waals surface area contributed by atoms with E-state index in [4.69, 9.17) is 5.73 Å². The number of hydrogen-bond acceptors (Lipinski definition) is 4. The molecule has 0 unspecified atom stereocenters. The van der Waals surface area contributed by atoms with Crippen LogP contribution in [0.2, 0.25) is 0 Å². The van der Waals surface area contributed by atoms with Gasteiger partial charge in [-0.1, -0.05) is 30.3 Å². The average Bonchev–Trinajstić information content (AvgIpc) is 3.19. The normalized spacial score (nSPS) is 10.6. The zero-order valence-corrected chi connectivity index (χ0v) is 14.8. The van der Waals surface area contributed by atoms with Crippen molar-refractivity contribution in [2.75, 3.05) is 5.32 Å². The number of carbonyl (C=O) groups excluding carboxylic acids is 2. The standard InChI is InChI=1S/C18H18N4O2S/c1-3-22-14(9-11(2)21-22)17(24)20-18-13(16(19)23)10-15(25-18)12-7-5-4-6-8-12/h4-10H,3H2,1-2H3,(H2,19,23)(H,20,24). The first-order valence-electron chi connectivity index (χ1n) is 7.84. The fourth-order valence-corrected chi connectivity index (χ4v) is 3.61. The number of aromatic nitrogens is 2. The first kappa shape index (κ1) is 16.9. The van der Waals surface area contributed by atoms with Crippen LogP contribution in [0.15, 0.2) is 42.5 Å². The maximum absolute atomic E-state index is 12.6. The number of rotatable bonds is 5. The van der Waals surface area contributed by atoms with Gasteiger partial charge in [0.2, 0.25) is 0 Å². The second kappa shape index (κ2) is 6.90. The van der Waals surface area contributed by atoms with Crippen molar-refractivity contribution in [3.8, 4) is 10.4 Å². The predicted molar refractivity (Wildman–Crippen MR) is 98.9 cm³/mol. The van der Waals surface area contributed by atoms with Crippen LogP contribution in [0.4, 0.5) is 5.00 Å². The Balaban J connectivity index is 1.95. The van der Waals surface area contributed by atoms with Crippen LogP contribution in [-0.2, 0) is 6.54 Å². The average molecular weight is 354 g/mol. The highest BCUT2D eigenvalue weighted by atomic mass is 32.1. The largest absolute Gasteiger partial charge is 0.366 e. The van der Waals surface area contributed by atoms with E-state index in [2.05, 4.69) is 10.4 Å². The fourth-order valence-electron chi connectivity index (χ4n) is 2.55. The number of primary amides is 1. The van der Waals surface area contributed by atoms with Crippen molar-refractivity contribution in [3.05, 3.63) is 59.4 Å². The zero-order valence-electron chi connectivity index (χ0n) is 13.9. The highest BCUT2D eigenvalue weighted by molar-refractivity contribution is 7.20. The van der Waals surface area contributed by atoms with Crippen molar-refractivity contribution in [3.63, 3.8) is 0 Å². The van der Waals surface area contributed by atoms with Crippen molar-refractivity contribution in [2.24, 2.45) is 5.73 Å². The summed E-state index contributed by atoms with van der Waals surface area (Å²) in [7, 11) is 0. The van der Waals surface area contributed by atoms with Gasteiger partial charge in [-0.25, -0.2) is 0 Å². The lowest BCUT2D eigenvalue weighted by Gasteiger charge is -2.06. The minimum atomic E-state index is -0.575. The van der Waals surface area contributed by atoms with Gasteiger partial charge in [0.15, 0.2) is 0 Å². The molecule has 0 aliphatic heterocycles. The Morgan fingerprint density at radius 2 is 1.96 bits per heavy atom. The van der Waals surface area contributed by atoms with Crippen LogP contribution in [0.5, 0.6) is 0 Å². The molecule has 0 atom stereocenters. The molecule has 0 radical (unpaired) electrons. The van der Waals surface area contributed by atoms with Crippen LogP contribution in [0.1, 0.15) is 33.5 Å². The molecule has 0 spiro atoms. The molecule has 128 valence electrons. The molecular formula is C18H18N4O2S. The van der Waals surface area contributed by atoms with Crippen LogP contribution in [-0.4, -0.2) is 21.6 Å². The number of carbonyl (C=O) groups is 2. The molecule has 0 aliphatic carbocycles. The lowest BCUT2D eigenvalue weighted by atomic mass is 10.1.